The number of ether oxygens (including phenoxy) is 1. The number of ketones is 1. The molecular weight excluding hydrogens is 248 g/mol. The summed E-state index contributed by atoms with van der Waals surface area (Å²) in [5.41, 5.74) is -0.833. The number of esters is 1. The Kier molecular flexibility index (Phi) is 3.40. The minimum atomic E-state index is -1.85. The first-order valence-electron chi connectivity index (χ1n) is 6.61. The molecule has 18 heavy (non-hydrogen) atoms. The molecule has 4 nitrogen and oxygen atoms in total. The first-order valence-corrected chi connectivity index (χ1v) is 10.0. The lowest BCUT2D eigenvalue weighted by Gasteiger charge is -2.55. The lowest BCUT2D eigenvalue weighted by Crippen LogP contribution is -2.66. The predicted octanol–water partition coefficient (Wildman–Crippen LogP) is 2.14. The number of methoxy groups -OCH3 is 1. The van der Waals surface area contributed by atoms with E-state index >= 15 is 0 Å². The van der Waals surface area contributed by atoms with E-state index in [4.69, 9.17) is 9.16 Å². The summed E-state index contributed by atoms with van der Waals surface area (Å²) in [5, 5.41) is 0. The smallest absolute Gasteiger partial charge is 0.337 e. The minimum Gasteiger partial charge on any atom is -0.467 e. The molecule has 0 aliphatic heterocycles. The Morgan fingerprint density at radius 1 is 1.39 bits per heavy atom. The average molecular weight is 270 g/mol. The molecule has 1 unspecified atom stereocenters. The number of Topliss-reactive ketones (excluding diaryl/α,β-unsaturated/α-hetero) is 1. The summed E-state index contributed by atoms with van der Waals surface area (Å²) in [4.78, 5) is 23.9. The van der Waals surface area contributed by atoms with E-state index in [2.05, 4.69) is 19.6 Å². The Morgan fingerprint density at radius 3 is 2.61 bits per heavy atom. The van der Waals surface area contributed by atoms with Crippen LogP contribution in [0.25, 0.3) is 0 Å². The molecule has 0 radical (unpaired) electrons. The molecule has 102 valence electrons. The number of hydrogen-bond acceptors (Lipinski definition) is 4. The first-order chi connectivity index (χ1) is 8.30. The van der Waals surface area contributed by atoms with Gasteiger partial charge in [0.05, 0.1) is 7.11 Å². The molecule has 0 aromatic rings. The fourth-order valence-corrected chi connectivity index (χ4v) is 4.76. The van der Waals surface area contributed by atoms with Crippen LogP contribution >= 0.6 is 0 Å². The Balaban J connectivity index is 2.23. The number of fused-ring (bicyclic) bond motifs is 1. The van der Waals surface area contributed by atoms with Crippen LogP contribution in [0.15, 0.2) is 0 Å². The largest absolute Gasteiger partial charge is 0.467 e. The number of carbonyl (C=O) groups is 2. The Bertz CT molecular complexity index is 374. The van der Waals surface area contributed by atoms with Crippen LogP contribution in [-0.2, 0) is 18.8 Å². The quantitative estimate of drug-likeness (QED) is 0.582. The second-order valence-electron chi connectivity index (χ2n) is 6.37. The summed E-state index contributed by atoms with van der Waals surface area (Å²) < 4.78 is 11.1. The van der Waals surface area contributed by atoms with Gasteiger partial charge < -0.3 is 9.16 Å². The van der Waals surface area contributed by atoms with E-state index in [1.165, 1.54) is 7.11 Å². The second-order valence-corrected chi connectivity index (χ2v) is 10.8. The molecule has 2 rings (SSSR count). The van der Waals surface area contributed by atoms with Gasteiger partial charge in [-0.25, -0.2) is 4.79 Å². The fraction of sp³-hybridized carbons (Fsp3) is 0.846. The van der Waals surface area contributed by atoms with Crippen LogP contribution in [0.1, 0.15) is 25.7 Å². The highest BCUT2D eigenvalue weighted by Crippen LogP contribution is 2.54. The van der Waals surface area contributed by atoms with E-state index in [0.717, 1.165) is 12.8 Å². The molecule has 0 heterocycles. The van der Waals surface area contributed by atoms with Gasteiger partial charge in [0.2, 0.25) is 0 Å². The van der Waals surface area contributed by atoms with Gasteiger partial charge in [-0.15, -0.1) is 0 Å². The molecule has 2 aliphatic rings. The standard InChI is InChI=1S/C13H22O4Si/c1-16-12(15)13(17-18(2,3)4)8-9-10(13)6-5-7-11(9)14/h9-10H,5-8H2,1-4H3/t9?,10-,13+/m0/s1. The van der Waals surface area contributed by atoms with Gasteiger partial charge in [0.25, 0.3) is 0 Å². The van der Waals surface area contributed by atoms with E-state index in [-0.39, 0.29) is 17.8 Å². The summed E-state index contributed by atoms with van der Waals surface area (Å²) >= 11 is 0. The first kappa shape index (κ1) is 13.7. The average Bonchev–Trinajstić information content (AvgIpc) is 2.25. The molecular formula is C13H22O4Si. The van der Waals surface area contributed by atoms with Gasteiger partial charge in [-0.3, -0.25) is 4.79 Å². The van der Waals surface area contributed by atoms with Gasteiger partial charge in [0.1, 0.15) is 5.78 Å². The number of rotatable bonds is 3. The van der Waals surface area contributed by atoms with Crippen molar-refractivity contribution in [1.82, 2.24) is 0 Å². The molecule has 2 fully saturated rings. The zero-order valence-corrected chi connectivity index (χ0v) is 12.6. The van der Waals surface area contributed by atoms with E-state index < -0.39 is 13.9 Å². The molecule has 0 aromatic carbocycles. The van der Waals surface area contributed by atoms with Crippen molar-refractivity contribution in [3.05, 3.63) is 0 Å². The zero-order valence-electron chi connectivity index (χ0n) is 11.6. The normalized spacial score (nSPS) is 35.7. The molecule has 0 saturated heterocycles. The van der Waals surface area contributed by atoms with Crippen molar-refractivity contribution >= 4 is 20.1 Å². The molecule has 0 spiro atoms. The molecule has 0 N–H and O–H groups in total. The summed E-state index contributed by atoms with van der Waals surface area (Å²) in [5.74, 6) is 0.0675. The zero-order chi connectivity index (χ0) is 13.6. The van der Waals surface area contributed by atoms with Gasteiger partial charge in [0.15, 0.2) is 13.9 Å². The summed E-state index contributed by atoms with van der Waals surface area (Å²) in [6, 6.07) is 0. The maximum atomic E-state index is 12.1. The molecule has 2 saturated carbocycles. The van der Waals surface area contributed by atoms with Crippen LogP contribution in [0.2, 0.25) is 19.6 Å². The highest BCUT2D eigenvalue weighted by molar-refractivity contribution is 6.70. The lowest BCUT2D eigenvalue weighted by molar-refractivity contribution is -0.195. The Labute approximate surface area is 109 Å². The van der Waals surface area contributed by atoms with Crippen LogP contribution < -0.4 is 0 Å². The number of carbonyl (C=O) groups excluding carboxylic acids is 2. The molecule has 5 heteroatoms. The van der Waals surface area contributed by atoms with Gasteiger partial charge >= 0.3 is 5.97 Å². The summed E-state index contributed by atoms with van der Waals surface area (Å²) in [6.07, 6.45) is 2.95. The van der Waals surface area contributed by atoms with Crippen molar-refractivity contribution in [3.8, 4) is 0 Å². The minimum absolute atomic E-state index is 0.0224. The van der Waals surface area contributed by atoms with Gasteiger partial charge in [-0.1, -0.05) is 0 Å². The SMILES string of the molecule is COC(=O)[C@@]1(O[Si](C)(C)C)CC2C(=O)CCC[C@@H]21. The van der Waals surface area contributed by atoms with E-state index in [1.807, 2.05) is 0 Å². The second kappa shape index (κ2) is 4.45. The van der Waals surface area contributed by atoms with E-state index in [9.17, 15) is 9.59 Å². The van der Waals surface area contributed by atoms with Crippen LogP contribution in [-0.4, -0.2) is 32.8 Å². The Hall–Kier alpha value is -0.683. The van der Waals surface area contributed by atoms with Gasteiger partial charge in [0, 0.05) is 18.3 Å². The predicted molar refractivity (Wildman–Crippen MR) is 69.6 cm³/mol. The molecule has 2 aliphatic carbocycles. The van der Waals surface area contributed by atoms with Crippen molar-refractivity contribution in [1.29, 1.82) is 0 Å². The van der Waals surface area contributed by atoms with Gasteiger partial charge in [-0.05, 0) is 38.9 Å². The van der Waals surface area contributed by atoms with Crippen LogP contribution in [0, 0.1) is 11.8 Å². The maximum Gasteiger partial charge on any atom is 0.337 e. The molecule has 0 aromatic heterocycles. The Morgan fingerprint density at radius 2 is 2.06 bits per heavy atom. The van der Waals surface area contributed by atoms with Crippen LogP contribution in [0.3, 0.4) is 0 Å². The van der Waals surface area contributed by atoms with Crippen molar-refractivity contribution in [2.75, 3.05) is 7.11 Å². The third-order valence-corrected chi connectivity index (χ3v) is 4.96. The van der Waals surface area contributed by atoms with Crippen molar-refractivity contribution in [2.24, 2.45) is 11.8 Å². The third kappa shape index (κ3) is 2.14. The summed E-state index contributed by atoms with van der Waals surface area (Å²) in [7, 11) is -0.453. The van der Waals surface area contributed by atoms with Crippen molar-refractivity contribution in [2.45, 2.75) is 50.9 Å². The highest BCUT2D eigenvalue weighted by atomic mass is 28.4. The number of hydrogen-bond donors (Lipinski definition) is 0. The van der Waals surface area contributed by atoms with E-state index in [0.29, 0.717) is 18.6 Å². The van der Waals surface area contributed by atoms with Gasteiger partial charge in [-0.2, -0.15) is 0 Å². The topological polar surface area (TPSA) is 52.6 Å². The van der Waals surface area contributed by atoms with Crippen molar-refractivity contribution in [3.63, 3.8) is 0 Å². The third-order valence-electron chi connectivity index (χ3n) is 3.98. The molecule has 0 bridgehead atoms. The monoisotopic (exact) mass is 270 g/mol. The van der Waals surface area contributed by atoms with E-state index in [1.54, 1.807) is 0 Å². The van der Waals surface area contributed by atoms with Crippen LogP contribution in [0.5, 0.6) is 0 Å². The lowest BCUT2D eigenvalue weighted by atomic mass is 9.55. The molecule has 3 atom stereocenters. The maximum absolute atomic E-state index is 12.1. The van der Waals surface area contributed by atoms with Crippen LogP contribution in [0.4, 0.5) is 0 Å². The van der Waals surface area contributed by atoms with Crippen molar-refractivity contribution < 1.29 is 18.8 Å². The summed E-state index contributed by atoms with van der Waals surface area (Å²) in [6.45, 7) is 6.20. The fourth-order valence-electron chi connectivity index (χ4n) is 3.35. The molecule has 0 amide bonds. The highest BCUT2D eigenvalue weighted by Gasteiger charge is 2.64.